The first-order valence-electron chi connectivity index (χ1n) is 9.30. The van der Waals surface area contributed by atoms with E-state index in [1.54, 1.807) is 23.2 Å². The lowest BCUT2D eigenvalue weighted by atomic mass is 10.1. The van der Waals surface area contributed by atoms with E-state index in [9.17, 15) is 9.59 Å². The second-order valence-corrected chi connectivity index (χ2v) is 7.39. The Kier molecular flexibility index (Phi) is 6.84. The molecule has 144 valence electrons. The number of carbonyl (C=O) groups is 2. The van der Waals surface area contributed by atoms with E-state index >= 15 is 0 Å². The Balaban J connectivity index is 1.55. The van der Waals surface area contributed by atoms with Crippen LogP contribution < -0.4 is 5.32 Å². The number of rotatable bonds is 6. The maximum atomic E-state index is 12.7. The molecule has 0 saturated carbocycles. The number of hydrogen-bond acceptors (Lipinski definition) is 4. The van der Waals surface area contributed by atoms with Gasteiger partial charge < -0.3 is 19.9 Å². The number of ether oxygens (including phenoxy) is 1. The van der Waals surface area contributed by atoms with Crippen LogP contribution in [0.5, 0.6) is 0 Å². The summed E-state index contributed by atoms with van der Waals surface area (Å²) in [6.45, 7) is 4.72. The average Bonchev–Trinajstić information content (AvgIpc) is 3.23. The Morgan fingerprint density at radius 3 is 2.41 bits per heavy atom. The van der Waals surface area contributed by atoms with Crippen LogP contribution in [0.4, 0.5) is 4.79 Å². The van der Waals surface area contributed by atoms with Crippen LogP contribution in [0.25, 0.3) is 0 Å². The van der Waals surface area contributed by atoms with E-state index in [1.807, 2.05) is 29.2 Å². The largest absolute Gasteiger partial charge is 0.450 e. The first-order chi connectivity index (χ1) is 13.2. The predicted molar refractivity (Wildman–Crippen MR) is 105 cm³/mol. The van der Waals surface area contributed by atoms with Gasteiger partial charge in [0.05, 0.1) is 11.5 Å². The smallest absolute Gasteiger partial charge is 0.409 e. The molecule has 1 fully saturated rings. The van der Waals surface area contributed by atoms with Crippen molar-refractivity contribution in [1.29, 1.82) is 0 Å². The zero-order chi connectivity index (χ0) is 19.1. The average molecular weight is 389 g/mol. The number of hydrogen-bond donors (Lipinski definition) is 1. The molecule has 2 amide bonds. The molecule has 3 rings (SSSR count). The van der Waals surface area contributed by atoms with E-state index in [2.05, 4.69) is 28.9 Å². The third kappa shape index (κ3) is 5.08. The molecule has 2 heterocycles. The highest BCUT2D eigenvalue weighted by molar-refractivity contribution is 7.10. The zero-order valence-electron chi connectivity index (χ0n) is 15.5. The monoisotopic (exact) mass is 388 g/mol. The minimum atomic E-state index is -0.294. The summed E-state index contributed by atoms with van der Waals surface area (Å²) >= 11 is 1.71. The molecular weight excluding hydrogens is 362 g/mol. The Morgan fingerprint density at radius 2 is 1.78 bits per heavy atom. The normalized spacial score (nSPS) is 15.4. The van der Waals surface area contributed by atoms with Gasteiger partial charge in [-0.2, -0.15) is 0 Å². The molecule has 2 N–H and O–H groups in total. The molecule has 1 aliphatic heterocycles. The highest BCUT2D eigenvalue weighted by Gasteiger charge is 2.27. The zero-order valence-corrected chi connectivity index (χ0v) is 16.4. The first kappa shape index (κ1) is 19.4. The Bertz CT molecular complexity index is 728. The van der Waals surface area contributed by atoms with Gasteiger partial charge in [0.1, 0.15) is 6.04 Å². The highest BCUT2D eigenvalue weighted by atomic mass is 32.1. The molecule has 0 unspecified atom stereocenters. The maximum absolute atomic E-state index is 12.7. The number of nitrogens with zero attached hydrogens (tertiary/aromatic N) is 2. The van der Waals surface area contributed by atoms with Crippen molar-refractivity contribution in [3.8, 4) is 0 Å². The minimum Gasteiger partial charge on any atom is -0.450 e. The maximum Gasteiger partial charge on any atom is 0.409 e. The van der Waals surface area contributed by atoms with Gasteiger partial charge >= 0.3 is 6.09 Å². The van der Waals surface area contributed by atoms with Gasteiger partial charge in [0, 0.05) is 31.7 Å². The molecular formula is C20H26N3O3S+. The summed E-state index contributed by atoms with van der Waals surface area (Å²) in [6.07, 6.45) is -0.294. The number of nitrogens with two attached hydrogens (primary N) is 1. The number of carbonyl (C=O) groups excluding carboxylic acids is 2. The standard InChI is InChI=1S/C20H25N3O3S/c1-2-26-20(25)23-12-10-22(11-13-23)18(24)15-21-19(17-9-6-14-27-17)16-7-4-3-5-8-16/h3-9,14,19,21H,2,10-13,15H2,1H3/p+1/t19-/m1/s1. The third-order valence-corrected chi connectivity index (χ3v) is 5.65. The fourth-order valence-electron chi connectivity index (χ4n) is 3.25. The Hall–Kier alpha value is -2.38. The van der Waals surface area contributed by atoms with Gasteiger partial charge in [-0.05, 0) is 18.4 Å². The van der Waals surface area contributed by atoms with Crippen molar-refractivity contribution in [3.63, 3.8) is 0 Å². The predicted octanol–water partition coefficient (Wildman–Crippen LogP) is 1.70. The summed E-state index contributed by atoms with van der Waals surface area (Å²) < 4.78 is 5.02. The van der Waals surface area contributed by atoms with Crippen LogP contribution in [0.2, 0.25) is 0 Å². The lowest BCUT2D eigenvalue weighted by Crippen LogP contribution is -2.87. The number of thiophene rings is 1. The van der Waals surface area contributed by atoms with Crippen molar-refractivity contribution >= 4 is 23.3 Å². The van der Waals surface area contributed by atoms with Crippen molar-refractivity contribution in [2.75, 3.05) is 39.3 Å². The minimum absolute atomic E-state index is 0.107. The van der Waals surface area contributed by atoms with Gasteiger partial charge in [-0.25, -0.2) is 4.79 Å². The van der Waals surface area contributed by atoms with E-state index in [0.717, 1.165) is 0 Å². The Morgan fingerprint density at radius 1 is 1.07 bits per heavy atom. The highest BCUT2D eigenvalue weighted by Crippen LogP contribution is 2.22. The summed E-state index contributed by atoms with van der Waals surface area (Å²) in [6, 6.07) is 14.5. The van der Waals surface area contributed by atoms with Crippen LogP contribution in [0.1, 0.15) is 23.4 Å². The molecule has 1 aromatic carbocycles. The van der Waals surface area contributed by atoms with Gasteiger partial charge in [0.15, 0.2) is 6.54 Å². The summed E-state index contributed by atoms with van der Waals surface area (Å²) in [5.41, 5.74) is 1.19. The fraction of sp³-hybridized carbons (Fsp3) is 0.400. The molecule has 6 nitrogen and oxygen atoms in total. The molecule has 7 heteroatoms. The molecule has 0 aliphatic carbocycles. The number of quaternary nitrogens is 1. The van der Waals surface area contributed by atoms with E-state index in [4.69, 9.17) is 4.74 Å². The van der Waals surface area contributed by atoms with Crippen LogP contribution in [0.15, 0.2) is 47.8 Å². The number of piperazine rings is 1. The summed E-state index contributed by atoms with van der Waals surface area (Å²) in [4.78, 5) is 29.2. The molecule has 1 saturated heterocycles. The van der Waals surface area contributed by atoms with Crippen LogP contribution in [-0.4, -0.2) is 61.1 Å². The molecule has 1 aromatic heterocycles. The van der Waals surface area contributed by atoms with Gasteiger partial charge in [-0.3, -0.25) is 4.79 Å². The molecule has 0 spiro atoms. The lowest BCUT2D eigenvalue weighted by molar-refractivity contribution is -0.676. The summed E-state index contributed by atoms with van der Waals surface area (Å²) in [7, 11) is 0. The van der Waals surface area contributed by atoms with Crippen LogP contribution >= 0.6 is 11.3 Å². The summed E-state index contributed by atoms with van der Waals surface area (Å²) in [5.74, 6) is 0.107. The van der Waals surface area contributed by atoms with Crippen LogP contribution in [0.3, 0.4) is 0 Å². The second-order valence-electron chi connectivity index (χ2n) is 6.41. The van der Waals surface area contributed by atoms with Crippen molar-refractivity contribution in [2.24, 2.45) is 0 Å². The molecule has 0 radical (unpaired) electrons. The van der Waals surface area contributed by atoms with Crippen LogP contribution in [-0.2, 0) is 9.53 Å². The quantitative estimate of drug-likeness (QED) is 0.819. The fourth-order valence-corrected chi connectivity index (χ4v) is 4.10. The van der Waals surface area contributed by atoms with Gasteiger partial charge in [-0.15, -0.1) is 11.3 Å². The molecule has 2 aromatic rings. The van der Waals surface area contributed by atoms with Crippen molar-refractivity contribution in [2.45, 2.75) is 13.0 Å². The summed E-state index contributed by atoms with van der Waals surface area (Å²) in [5, 5.41) is 4.16. The van der Waals surface area contributed by atoms with Crippen molar-refractivity contribution < 1.29 is 19.6 Å². The number of benzene rings is 1. The number of amides is 2. The molecule has 27 heavy (non-hydrogen) atoms. The molecule has 1 aliphatic rings. The van der Waals surface area contributed by atoms with Gasteiger partial charge in [0.25, 0.3) is 5.91 Å². The molecule has 1 atom stereocenters. The SMILES string of the molecule is CCOC(=O)N1CCN(C(=O)C[NH2+][C@H](c2ccccc2)c2cccs2)CC1. The van der Waals surface area contributed by atoms with Crippen molar-refractivity contribution in [3.05, 3.63) is 58.3 Å². The molecule has 0 bridgehead atoms. The van der Waals surface area contributed by atoms with E-state index in [1.165, 1.54) is 10.4 Å². The lowest BCUT2D eigenvalue weighted by Gasteiger charge is -2.33. The van der Waals surface area contributed by atoms with E-state index in [-0.39, 0.29) is 18.0 Å². The van der Waals surface area contributed by atoms with Crippen molar-refractivity contribution in [1.82, 2.24) is 9.80 Å². The van der Waals surface area contributed by atoms with E-state index in [0.29, 0.717) is 39.3 Å². The van der Waals surface area contributed by atoms with Crippen LogP contribution in [0, 0.1) is 0 Å². The Labute approximate surface area is 163 Å². The van der Waals surface area contributed by atoms with Gasteiger partial charge in [-0.1, -0.05) is 36.4 Å². The third-order valence-electron chi connectivity index (χ3n) is 4.69. The van der Waals surface area contributed by atoms with E-state index < -0.39 is 0 Å². The second kappa shape index (κ2) is 9.53. The topological polar surface area (TPSA) is 66.5 Å². The van der Waals surface area contributed by atoms with Gasteiger partial charge in [0.2, 0.25) is 0 Å². The first-order valence-corrected chi connectivity index (χ1v) is 10.2.